The maximum absolute atomic E-state index is 13.1. The second-order valence-corrected chi connectivity index (χ2v) is 12.0. The van der Waals surface area contributed by atoms with Gasteiger partial charge in [0, 0.05) is 16.0 Å². The highest BCUT2D eigenvalue weighted by Gasteiger charge is 2.54. The molecule has 2 amide bonds. The molecular formula is C21H27N5O7S3. The Morgan fingerprint density at radius 1 is 1.42 bits per heavy atom. The van der Waals surface area contributed by atoms with E-state index in [9.17, 15) is 24.3 Å². The zero-order chi connectivity index (χ0) is 26.8. The number of hydrogen-bond acceptors (Lipinski definition) is 12. The van der Waals surface area contributed by atoms with Crippen molar-refractivity contribution in [1.82, 2.24) is 15.2 Å². The lowest BCUT2D eigenvalue weighted by atomic mass is 10.0. The van der Waals surface area contributed by atoms with E-state index < -0.39 is 46.9 Å². The van der Waals surface area contributed by atoms with Crippen molar-refractivity contribution in [2.75, 3.05) is 17.2 Å². The molecule has 4 N–H and O–H groups in total. The van der Waals surface area contributed by atoms with Crippen LogP contribution in [0.4, 0.5) is 5.13 Å². The van der Waals surface area contributed by atoms with Gasteiger partial charge in [-0.15, -0.1) is 34.9 Å². The van der Waals surface area contributed by atoms with Crippen LogP contribution in [0.15, 0.2) is 21.1 Å². The molecule has 0 aromatic carbocycles. The minimum absolute atomic E-state index is 0.0585. The third kappa shape index (κ3) is 6.13. The number of nitrogen functional groups attached to an aromatic ring is 1. The fraction of sp³-hybridized carbons (Fsp3) is 0.524. The highest BCUT2D eigenvalue weighted by Crippen LogP contribution is 2.43. The molecule has 1 aromatic heterocycles. The monoisotopic (exact) mass is 557 g/mol. The Morgan fingerprint density at radius 3 is 2.67 bits per heavy atom. The van der Waals surface area contributed by atoms with E-state index in [0.717, 1.165) is 11.3 Å². The van der Waals surface area contributed by atoms with Crippen LogP contribution in [-0.4, -0.2) is 79.1 Å². The molecule has 12 nitrogen and oxygen atoms in total. The Hall–Kier alpha value is -2.78. The van der Waals surface area contributed by atoms with Crippen molar-refractivity contribution in [1.29, 1.82) is 0 Å². The van der Waals surface area contributed by atoms with E-state index >= 15 is 0 Å². The molecule has 0 spiro atoms. The molecule has 1 fully saturated rings. The predicted octanol–water partition coefficient (Wildman–Crippen LogP) is 1.63. The minimum atomic E-state index is -1.20. The number of aromatic nitrogens is 1. The molecule has 3 heterocycles. The molecule has 2 unspecified atom stereocenters. The van der Waals surface area contributed by atoms with E-state index in [0.29, 0.717) is 16.4 Å². The summed E-state index contributed by atoms with van der Waals surface area (Å²) in [4.78, 5) is 61.2. The summed E-state index contributed by atoms with van der Waals surface area (Å²) < 4.78 is 5.25. The van der Waals surface area contributed by atoms with E-state index in [2.05, 4.69) is 15.5 Å². The lowest BCUT2D eigenvalue weighted by Crippen LogP contribution is -2.71. The quantitative estimate of drug-likeness (QED) is 0.174. The average Bonchev–Trinajstić information content (AvgIpc) is 3.21. The van der Waals surface area contributed by atoms with E-state index in [1.807, 2.05) is 6.92 Å². The van der Waals surface area contributed by atoms with Gasteiger partial charge in [0.05, 0.1) is 0 Å². The molecule has 3 rings (SSSR count). The van der Waals surface area contributed by atoms with Gasteiger partial charge < -0.3 is 25.7 Å². The number of carboxylic acids is 1. The number of nitrogens with two attached hydrogens (primary N) is 1. The molecule has 1 aromatic rings. The van der Waals surface area contributed by atoms with Gasteiger partial charge in [0.1, 0.15) is 28.4 Å². The highest BCUT2D eigenvalue weighted by atomic mass is 32.2. The number of thiazole rings is 1. The summed E-state index contributed by atoms with van der Waals surface area (Å²) in [6.45, 7) is 8.42. The zero-order valence-electron chi connectivity index (χ0n) is 20.3. The number of rotatable bonds is 9. The number of aliphatic carboxylic acids is 1. The van der Waals surface area contributed by atoms with Crippen LogP contribution >= 0.6 is 34.9 Å². The summed E-state index contributed by atoms with van der Waals surface area (Å²) in [5.74, 6) is -2.14. The van der Waals surface area contributed by atoms with Crippen LogP contribution in [0, 0.1) is 0 Å². The van der Waals surface area contributed by atoms with Crippen molar-refractivity contribution < 1.29 is 33.9 Å². The predicted molar refractivity (Wildman–Crippen MR) is 137 cm³/mol. The number of oxime groups is 1. The van der Waals surface area contributed by atoms with Gasteiger partial charge in [0.25, 0.3) is 11.8 Å². The molecular weight excluding hydrogens is 530 g/mol. The Balaban J connectivity index is 1.78. The number of fused-ring (bicyclic) bond motifs is 1. The first-order valence-electron chi connectivity index (χ1n) is 10.9. The third-order valence-electron chi connectivity index (χ3n) is 4.76. The summed E-state index contributed by atoms with van der Waals surface area (Å²) in [5, 5.41) is 17.2. The van der Waals surface area contributed by atoms with E-state index in [-0.39, 0.29) is 22.2 Å². The molecule has 36 heavy (non-hydrogen) atoms. The summed E-state index contributed by atoms with van der Waals surface area (Å²) in [6.07, 6.45) is -1.13. The first kappa shape index (κ1) is 27.8. The molecule has 1 saturated heterocycles. The van der Waals surface area contributed by atoms with Crippen molar-refractivity contribution in [3.05, 3.63) is 21.7 Å². The van der Waals surface area contributed by atoms with Crippen molar-refractivity contribution in [2.45, 2.75) is 57.7 Å². The Labute approximate surface area is 220 Å². The maximum atomic E-state index is 13.1. The SMILES string of the molecule is CCSC1=C(C(=O)O)N2C(=O)C(NC(=O)C(=NOC(C)C(=O)OC(C)(C)C)c3csc(N)n3)[C@@H]2SC1. The number of nitrogens with one attached hydrogen (secondary N) is 1. The van der Waals surface area contributed by atoms with Crippen LogP contribution in [0.25, 0.3) is 0 Å². The molecule has 3 atom stereocenters. The maximum Gasteiger partial charge on any atom is 0.353 e. The Bertz CT molecular complexity index is 1130. The summed E-state index contributed by atoms with van der Waals surface area (Å²) in [6, 6.07) is -0.977. The normalized spacial score (nSPS) is 20.9. The first-order chi connectivity index (χ1) is 16.8. The topological polar surface area (TPSA) is 174 Å². The zero-order valence-corrected chi connectivity index (χ0v) is 22.7. The number of anilines is 1. The summed E-state index contributed by atoms with van der Waals surface area (Å²) >= 11 is 3.80. The van der Waals surface area contributed by atoms with Crippen LogP contribution < -0.4 is 11.1 Å². The molecule has 15 heteroatoms. The number of nitrogens with zero attached hydrogens (tertiary/aromatic N) is 3. The number of carbonyl (C=O) groups is 4. The molecule has 196 valence electrons. The van der Waals surface area contributed by atoms with Crippen molar-refractivity contribution in [3.63, 3.8) is 0 Å². The number of thioether (sulfide) groups is 2. The van der Waals surface area contributed by atoms with E-state index in [1.165, 1.54) is 40.7 Å². The number of esters is 1. The number of amides is 2. The molecule has 0 aliphatic carbocycles. The Morgan fingerprint density at radius 2 is 2.11 bits per heavy atom. The van der Waals surface area contributed by atoms with Gasteiger partial charge in [-0.25, -0.2) is 14.6 Å². The van der Waals surface area contributed by atoms with Gasteiger partial charge in [0.2, 0.25) is 6.10 Å². The van der Waals surface area contributed by atoms with Crippen molar-refractivity contribution >= 4 is 69.5 Å². The number of hydrogen-bond donors (Lipinski definition) is 3. The van der Waals surface area contributed by atoms with Gasteiger partial charge in [-0.1, -0.05) is 12.1 Å². The van der Waals surface area contributed by atoms with Gasteiger partial charge >= 0.3 is 11.9 Å². The fourth-order valence-corrected chi connectivity index (χ4v) is 6.20. The average molecular weight is 558 g/mol. The molecule has 0 bridgehead atoms. The lowest BCUT2D eigenvalue weighted by molar-refractivity contribution is -0.167. The van der Waals surface area contributed by atoms with Gasteiger partial charge in [0.15, 0.2) is 10.8 Å². The van der Waals surface area contributed by atoms with Crippen LogP contribution in [0.5, 0.6) is 0 Å². The third-order valence-corrected chi connectivity index (χ3v) is 7.87. The smallest absolute Gasteiger partial charge is 0.353 e. The number of β-lactam (4-membered cyclic amide) rings is 1. The van der Waals surface area contributed by atoms with E-state index in [4.69, 9.17) is 15.3 Å². The van der Waals surface area contributed by atoms with E-state index in [1.54, 1.807) is 20.8 Å². The van der Waals surface area contributed by atoms with Crippen LogP contribution in [-0.2, 0) is 28.8 Å². The van der Waals surface area contributed by atoms with Crippen molar-refractivity contribution in [3.8, 4) is 0 Å². The minimum Gasteiger partial charge on any atom is -0.477 e. The van der Waals surface area contributed by atoms with Crippen LogP contribution in [0.2, 0.25) is 0 Å². The Kier molecular flexibility index (Phi) is 8.56. The van der Waals surface area contributed by atoms with Crippen molar-refractivity contribution in [2.24, 2.45) is 5.16 Å². The van der Waals surface area contributed by atoms with Crippen LogP contribution in [0.1, 0.15) is 40.3 Å². The first-order valence-corrected chi connectivity index (χ1v) is 13.8. The summed E-state index contributed by atoms with van der Waals surface area (Å²) in [5.41, 5.74) is 4.70. The molecule has 0 radical (unpaired) electrons. The number of carbonyl (C=O) groups excluding carboxylic acids is 3. The number of carboxylic acid groups (broad SMARTS) is 1. The second kappa shape index (κ2) is 11.1. The lowest BCUT2D eigenvalue weighted by Gasteiger charge is -2.49. The summed E-state index contributed by atoms with van der Waals surface area (Å²) in [7, 11) is 0. The number of ether oxygens (including phenoxy) is 1. The molecule has 2 aliphatic rings. The standard InChI is InChI=1S/C21H27N5O7S3/c1-6-34-11-8-35-17-13(16(28)26(17)14(11)18(29)30)24-15(27)12(10-7-36-20(22)23-10)25-33-9(2)19(31)32-21(3,4)5/h7,9,13,17H,6,8H2,1-5H3,(H2,22,23)(H,24,27)(H,29,30)/t9?,13?,17-/m0/s1. The van der Waals surface area contributed by atoms with Gasteiger partial charge in [-0.2, -0.15) is 0 Å². The van der Waals surface area contributed by atoms with Crippen LogP contribution in [0.3, 0.4) is 0 Å². The van der Waals surface area contributed by atoms with Gasteiger partial charge in [-0.05, 0) is 33.4 Å². The van der Waals surface area contributed by atoms with Gasteiger partial charge in [-0.3, -0.25) is 14.5 Å². The molecule has 0 saturated carbocycles. The fourth-order valence-electron chi connectivity index (χ4n) is 3.25. The highest BCUT2D eigenvalue weighted by molar-refractivity contribution is 8.06. The largest absolute Gasteiger partial charge is 0.477 e. The second-order valence-electron chi connectivity index (χ2n) is 8.66. The molecule has 2 aliphatic heterocycles.